The minimum absolute atomic E-state index is 0.0608. The number of nitrogens with one attached hydrogen (secondary N) is 1. The Hall–Kier alpha value is -1.47. The Morgan fingerprint density at radius 3 is 2.36 bits per heavy atom. The Balaban J connectivity index is 2.23. The first kappa shape index (κ1) is 27.8. The summed E-state index contributed by atoms with van der Waals surface area (Å²) in [5.74, 6) is -0.588. The van der Waals surface area contributed by atoms with Crippen LogP contribution in [0.2, 0.25) is 15.1 Å². The second-order valence-corrected chi connectivity index (χ2v) is 10.8. The fourth-order valence-electron chi connectivity index (χ4n) is 3.20. The quantitative estimate of drug-likeness (QED) is 0.388. The molecule has 0 aromatic heterocycles. The molecule has 0 bridgehead atoms. The van der Waals surface area contributed by atoms with Crippen molar-refractivity contribution in [2.75, 3.05) is 5.75 Å². The highest BCUT2D eigenvalue weighted by atomic mass is 35.5. The van der Waals surface area contributed by atoms with E-state index in [1.807, 2.05) is 27.7 Å². The summed E-state index contributed by atoms with van der Waals surface area (Å²) >= 11 is 19.5. The van der Waals surface area contributed by atoms with Crippen LogP contribution in [0.1, 0.15) is 45.2 Å². The zero-order valence-electron chi connectivity index (χ0n) is 19.1. The summed E-state index contributed by atoms with van der Waals surface area (Å²) in [5.41, 5.74) is 0.659. The van der Waals surface area contributed by atoms with Gasteiger partial charge in [-0.05, 0) is 57.0 Å². The van der Waals surface area contributed by atoms with Crippen LogP contribution in [0.5, 0.6) is 0 Å². The maximum Gasteiger partial charge on any atom is 0.243 e. The Morgan fingerprint density at radius 1 is 1.09 bits per heavy atom. The minimum Gasteiger partial charge on any atom is -0.350 e. The van der Waals surface area contributed by atoms with Crippen molar-refractivity contribution < 1.29 is 14.0 Å². The topological polar surface area (TPSA) is 49.4 Å². The van der Waals surface area contributed by atoms with Crippen LogP contribution in [0.3, 0.4) is 0 Å². The van der Waals surface area contributed by atoms with E-state index in [4.69, 9.17) is 34.8 Å². The lowest BCUT2D eigenvalue weighted by atomic mass is 10.1. The summed E-state index contributed by atoms with van der Waals surface area (Å²) in [4.78, 5) is 27.8. The van der Waals surface area contributed by atoms with Gasteiger partial charge in [-0.2, -0.15) is 0 Å². The van der Waals surface area contributed by atoms with Crippen molar-refractivity contribution in [2.45, 2.75) is 58.0 Å². The molecule has 0 radical (unpaired) electrons. The van der Waals surface area contributed by atoms with Crippen molar-refractivity contribution in [3.8, 4) is 0 Å². The van der Waals surface area contributed by atoms with Gasteiger partial charge >= 0.3 is 0 Å². The van der Waals surface area contributed by atoms with Gasteiger partial charge in [0.15, 0.2) is 0 Å². The van der Waals surface area contributed by atoms with E-state index in [1.165, 1.54) is 28.8 Å². The van der Waals surface area contributed by atoms with Crippen molar-refractivity contribution in [1.29, 1.82) is 0 Å². The average molecular weight is 534 g/mol. The molecule has 0 aliphatic rings. The monoisotopic (exact) mass is 532 g/mol. The normalized spacial score (nSPS) is 12.4. The highest BCUT2D eigenvalue weighted by Crippen LogP contribution is 2.26. The molecule has 0 aliphatic heterocycles. The largest absolute Gasteiger partial charge is 0.350 e. The molecule has 2 rings (SSSR count). The lowest BCUT2D eigenvalue weighted by Crippen LogP contribution is -2.53. The molecule has 9 heteroatoms. The Labute approximate surface area is 214 Å². The second kappa shape index (κ2) is 12.3. The molecular formula is C24H28Cl3FN2O2S. The first-order valence-electron chi connectivity index (χ1n) is 10.5. The van der Waals surface area contributed by atoms with E-state index >= 15 is 0 Å². The van der Waals surface area contributed by atoms with E-state index in [0.717, 1.165) is 5.56 Å². The number of rotatable bonds is 9. The van der Waals surface area contributed by atoms with E-state index < -0.39 is 17.4 Å². The Bertz CT molecular complexity index is 978. The Kier molecular flexibility index (Phi) is 10.3. The molecule has 0 saturated heterocycles. The molecular weight excluding hydrogens is 506 g/mol. The number of hydrogen-bond donors (Lipinski definition) is 1. The third kappa shape index (κ3) is 8.36. The highest BCUT2D eigenvalue weighted by molar-refractivity contribution is 7.99. The molecule has 0 saturated carbocycles. The summed E-state index contributed by atoms with van der Waals surface area (Å²) in [6, 6.07) is 8.93. The molecule has 1 N–H and O–H groups in total. The zero-order valence-corrected chi connectivity index (χ0v) is 22.1. The van der Waals surface area contributed by atoms with Gasteiger partial charge in [-0.1, -0.05) is 53.9 Å². The molecule has 180 valence electrons. The van der Waals surface area contributed by atoms with E-state index in [-0.39, 0.29) is 29.9 Å². The van der Waals surface area contributed by atoms with Crippen molar-refractivity contribution in [3.05, 3.63) is 68.4 Å². The molecule has 0 heterocycles. The zero-order chi connectivity index (χ0) is 24.8. The van der Waals surface area contributed by atoms with Gasteiger partial charge in [-0.15, -0.1) is 11.8 Å². The van der Waals surface area contributed by atoms with Crippen LogP contribution in [0, 0.1) is 5.82 Å². The summed E-state index contributed by atoms with van der Waals surface area (Å²) in [5, 5.41) is 4.06. The lowest BCUT2D eigenvalue weighted by Gasteiger charge is -2.33. The van der Waals surface area contributed by atoms with Gasteiger partial charge in [0, 0.05) is 28.4 Å². The number of halogens is 4. The standard InChI is InChI=1S/C24H28Cl3FN2O2S/c1-5-21(23(32)29-24(2,3)4)30(12-15-9-10-18(26)19(27)11-15)22(31)14-33-13-16-17(25)7-6-8-20(16)28/h6-11,21H,5,12-14H2,1-4H3,(H,29,32)/t21-/m1/s1. The number of amides is 2. The summed E-state index contributed by atoms with van der Waals surface area (Å²) in [6.45, 7) is 7.70. The molecule has 2 aromatic rings. The average Bonchev–Trinajstić information content (AvgIpc) is 2.71. The minimum atomic E-state index is -0.677. The molecule has 2 aromatic carbocycles. The molecule has 0 unspecified atom stereocenters. The van der Waals surface area contributed by atoms with Crippen molar-refractivity contribution in [2.24, 2.45) is 0 Å². The van der Waals surface area contributed by atoms with Gasteiger partial charge in [0.1, 0.15) is 11.9 Å². The third-order valence-corrected chi connectivity index (χ3v) is 6.79. The van der Waals surface area contributed by atoms with Crippen molar-refractivity contribution >= 4 is 58.4 Å². The fraction of sp³-hybridized carbons (Fsp3) is 0.417. The summed E-state index contributed by atoms with van der Waals surface area (Å²) in [6.07, 6.45) is 0.429. The smallest absolute Gasteiger partial charge is 0.243 e. The number of carbonyl (C=O) groups excluding carboxylic acids is 2. The van der Waals surface area contributed by atoms with Crippen LogP contribution in [0.25, 0.3) is 0 Å². The van der Waals surface area contributed by atoms with Gasteiger partial charge < -0.3 is 10.2 Å². The maximum atomic E-state index is 14.1. The number of nitrogens with zero attached hydrogens (tertiary/aromatic N) is 1. The molecule has 1 atom stereocenters. The van der Waals surface area contributed by atoms with Gasteiger partial charge in [-0.3, -0.25) is 9.59 Å². The number of benzene rings is 2. The predicted octanol–water partition coefficient (Wildman–Crippen LogP) is 6.74. The van der Waals surface area contributed by atoms with Gasteiger partial charge in [0.2, 0.25) is 11.8 Å². The van der Waals surface area contributed by atoms with Gasteiger partial charge in [0.25, 0.3) is 0 Å². The van der Waals surface area contributed by atoms with E-state index in [1.54, 1.807) is 24.3 Å². The van der Waals surface area contributed by atoms with Crippen LogP contribution in [0.4, 0.5) is 4.39 Å². The van der Waals surface area contributed by atoms with Gasteiger partial charge in [0.05, 0.1) is 15.8 Å². The van der Waals surface area contributed by atoms with E-state index in [0.29, 0.717) is 27.1 Å². The molecule has 2 amide bonds. The number of carbonyl (C=O) groups is 2. The first-order valence-corrected chi connectivity index (χ1v) is 12.8. The molecule has 4 nitrogen and oxygen atoms in total. The van der Waals surface area contributed by atoms with Crippen LogP contribution in [-0.2, 0) is 21.9 Å². The number of hydrogen-bond acceptors (Lipinski definition) is 3. The van der Waals surface area contributed by atoms with E-state index in [2.05, 4.69) is 5.32 Å². The Morgan fingerprint density at radius 2 is 1.79 bits per heavy atom. The summed E-state index contributed by atoms with van der Waals surface area (Å²) in [7, 11) is 0. The fourth-order valence-corrected chi connectivity index (χ4v) is 4.77. The molecule has 0 spiro atoms. The van der Waals surface area contributed by atoms with Crippen LogP contribution < -0.4 is 5.32 Å². The highest BCUT2D eigenvalue weighted by Gasteiger charge is 2.30. The first-order chi connectivity index (χ1) is 15.4. The van der Waals surface area contributed by atoms with Crippen LogP contribution in [-0.4, -0.2) is 34.0 Å². The maximum absolute atomic E-state index is 14.1. The summed E-state index contributed by atoms with van der Waals surface area (Å²) < 4.78 is 14.1. The number of thioether (sulfide) groups is 1. The molecule has 0 aliphatic carbocycles. The lowest BCUT2D eigenvalue weighted by molar-refractivity contribution is -0.140. The van der Waals surface area contributed by atoms with Crippen LogP contribution in [0.15, 0.2) is 36.4 Å². The third-order valence-electron chi connectivity index (χ3n) is 4.75. The predicted molar refractivity (Wildman–Crippen MR) is 137 cm³/mol. The van der Waals surface area contributed by atoms with Crippen molar-refractivity contribution in [3.63, 3.8) is 0 Å². The molecule has 33 heavy (non-hydrogen) atoms. The van der Waals surface area contributed by atoms with E-state index in [9.17, 15) is 14.0 Å². The SMILES string of the molecule is CC[C@H](C(=O)NC(C)(C)C)N(Cc1ccc(Cl)c(Cl)c1)C(=O)CSCc1c(F)cccc1Cl. The van der Waals surface area contributed by atoms with Gasteiger partial charge in [-0.25, -0.2) is 4.39 Å². The second-order valence-electron chi connectivity index (χ2n) is 8.63. The molecule has 0 fully saturated rings. The van der Waals surface area contributed by atoms with Crippen LogP contribution >= 0.6 is 46.6 Å². The van der Waals surface area contributed by atoms with Crippen molar-refractivity contribution in [1.82, 2.24) is 10.2 Å².